The van der Waals surface area contributed by atoms with Gasteiger partial charge in [-0.3, -0.25) is 0 Å². The molecule has 1 aliphatic heterocycles. The number of piperidine rings is 1. The van der Waals surface area contributed by atoms with E-state index in [1.54, 1.807) is 0 Å². The Bertz CT molecular complexity index is 562. The second-order valence-electron chi connectivity index (χ2n) is 5.68. The van der Waals surface area contributed by atoms with Crippen molar-refractivity contribution in [2.45, 2.75) is 24.9 Å². The molecule has 0 aromatic heterocycles. The fourth-order valence-electron chi connectivity index (χ4n) is 3.01. The summed E-state index contributed by atoms with van der Waals surface area (Å²) in [5.74, 6) is 0. The van der Waals surface area contributed by atoms with Gasteiger partial charge in [-0.2, -0.15) is 0 Å². The molecule has 0 bridgehead atoms. The third-order valence-electron chi connectivity index (χ3n) is 4.14. The Balaban J connectivity index is 1.89. The van der Waals surface area contributed by atoms with Crippen LogP contribution in [-0.2, 0) is 0 Å². The zero-order chi connectivity index (χ0) is 14.5. The van der Waals surface area contributed by atoms with Gasteiger partial charge in [0.15, 0.2) is 0 Å². The van der Waals surface area contributed by atoms with Crippen LogP contribution in [0.5, 0.6) is 0 Å². The van der Waals surface area contributed by atoms with Crippen LogP contribution >= 0.6 is 0 Å². The molecule has 1 saturated heterocycles. The normalized spacial score (nSPS) is 20.1. The molecule has 1 heterocycles. The van der Waals surface area contributed by atoms with Gasteiger partial charge in [0.25, 0.3) is 0 Å². The predicted molar refractivity (Wildman–Crippen MR) is 88.2 cm³/mol. The van der Waals surface area contributed by atoms with Crippen LogP contribution in [0.4, 0.5) is 5.69 Å². The maximum atomic E-state index is 6.21. The van der Waals surface area contributed by atoms with Crippen molar-refractivity contribution in [3.05, 3.63) is 65.7 Å². The first-order chi connectivity index (χ1) is 10.3. The highest BCUT2D eigenvalue weighted by molar-refractivity contribution is 5.51. The van der Waals surface area contributed by atoms with Crippen LogP contribution in [-0.4, -0.2) is 19.1 Å². The van der Waals surface area contributed by atoms with Crippen LogP contribution in [0, 0.1) is 0 Å². The summed E-state index contributed by atoms with van der Waals surface area (Å²) in [4.78, 5) is 0. The zero-order valence-corrected chi connectivity index (χ0v) is 12.3. The molecule has 2 aromatic rings. The highest BCUT2D eigenvalue weighted by Gasteiger charge is 2.21. The van der Waals surface area contributed by atoms with Crippen LogP contribution in [0.2, 0.25) is 0 Å². The Morgan fingerprint density at radius 2 is 1.81 bits per heavy atom. The van der Waals surface area contributed by atoms with Gasteiger partial charge in [-0.25, -0.2) is 0 Å². The average Bonchev–Trinajstić information content (AvgIpc) is 2.55. The van der Waals surface area contributed by atoms with Crippen molar-refractivity contribution in [3.63, 3.8) is 0 Å². The van der Waals surface area contributed by atoms with Crippen LogP contribution < -0.4 is 16.4 Å². The van der Waals surface area contributed by atoms with E-state index in [0.29, 0.717) is 6.04 Å². The molecule has 2 aromatic carbocycles. The standard InChI is InChI=1S/C18H23N3/c19-17-11-5-4-10-16(17)18(14-7-2-1-3-8-14)21-15-9-6-12-20-13-15/h1-5,7-8,10-11,15,18,20-21H,6,9,12-13,19H2. The van der Waals surface area contributed by atoms with Crippen molar-refractivity contribution < 1.29 is 0 Å². The third kappa shape index (κ3) is 3.43. The molecular formula is C18H23N3. The van der Waals surface area contributed by atoms with Gasteiger partial charge in [-0.05, 0) is 36.6 Å². The largest absolute Gasteiger partial charge is 0.398 e. The van der Waals surface area contributed by atoms with E-state index in [1.807, 2.05) is 12.1 Å². The summed E-state index contributed by atoms with van der Waals surface area (Å²) in [6.45, 7) is 2.15. The summed E-state index contributed by atoms with van der Waals surface area (Å²) in [5, 5.41) is 7.25. The van der Waals surface area contributed by atoms with Gasteiger partial charge < -0.3 is 16.4 Å². The minimum atomic E-state index is 0.150. The van der Waals surface area contributed by atoms with Crippen molar-refractivity contribution in [2.75, 3.05) is 18.8 Å². The lowest BCUT2D eigenvalue weighted by molar-refractivity contribution is 0.370. The van der Waals surface area contributed by atoms with E-state index in [-0.39, 0.29) is 6.04 Å². The Kier molecular flexibility index (Phi) is 4.53. The van der Waals surface area contributed by atoms with Crippen LogP contribution in [0.3, 0.4) is 0 Å². The molecule has 1 fully saturated rings. The van der Waals surface area contributed by atoms with E-state index < -0.39 is 0 Å². The van der Waals surface area contributed by atoms with Crippen LogP contribution in [0.15, 0.2) is 54.6 Å². The number of nitrogen functional groups attached to an aromatic ring is 1. The minimum Gasteiger partial charge on any atom is -0.398 e. The van der Waals surface area contributed by atoms with Gasteiger partial charge in [0, 0.05) is 18.3 Å². The summed E-state index contributed by atoms with van der Waals surface area (Å²) >= 11 is 0. The van der Waals surface area contributed by atoms with E-state index in [2.05, 4.69) is 53.1 Å². The number of nitrogens with one attached hydrogen (secondary N) is 2. The zero-order valence-electron chi connectivity index (χ0n) is 12.3. The molecule has 0 aliphatic carbocycles. The first-order valence-electron chi connectivity index (χ1n) is 7.71. The lowest BCUT2D eigenvalue weighted by Crippen LogP contribution is -2.44. The lowest BCUT2D eigenvalue weighted by Gasteiger charge is -2.30. The first-order valence-corrected chi connectivity index (χ1v) is 7.71. The second-order valence-corrected chi connectivity index (χ2v) is 5.68. The second kappa shape index (κ2) is 6.74. The van der Waals surface area contributed by atoms with Crippen LogP contribution in [0.25, 0.3) is 0 Å². The Hall–Kier alpha value is -1.84. The first kappa shape index (κ1) is 14.1. The molecule has 0 amide bonds. The molecule has 3 nitrogen and oxygen atoms in total. The molecule has 4 N–H and O–H groups in total. The van der Waals surface area contributed by atoms with E-state index in [4.69, 9.17) is 5.73 Å². The molecule has 3 rings (SSSR count). The quantitative estimate of drug-likeness (QED) is 0.755. The van der Waals surface area contributed by atoms with Crippen LogP contribution in [0.1, 0.15) is 30.0 Å². The Morgan fingerprint density at radius 3 is 2.52 bits per heavy atom. The summed E-state index contributed by atoms with van der Waals surface area (Å²) in [7, 11) is 0. The van der Waals surface area contributed by atoms with E-state index in [1.165, 1.54) is 18.4 Å². The number of hydrogen-bond donors (Lipinski definition) is 3. The van der Waals surface area contributed by atoms with Crippen molar-refractivity contribution >= 4 is 5.69 Å². The summed E-state index contributed by atoms with van der Waals surface area (Å²) in [6.07, 6.45) is 2.44. The smallest absolute Gasteiger partial charge is 0.0599 e. The summed E-state index contributed by atoms with van der Waals surface area (Å²) in [5.41, 5.74) is 9.48. The molecule has 0 spiro atoms. The monoisotopic (exact) mass is 281 g/mol. The number of para-hydroxylation sites is 1. The maximum absolute atomic E-state index is 6.21. The summed E-state index contributed by atoms with van der Waals surface area (Å²) < 4.78 is 0. The number of anilines is 1. The molecule has 0 radical (unpaired) electrons. The van der Waals surface area contributed by atoms with E-state index >= 15 is 0 Å². The van der Waals surface area contributed by atoms with Crippen molar-refractivity contribution in [1.29, 1.82) is 0 Å². The highest BCUT2D eigenvalue weighted by atomic mass is 15.0. The highest BCUT2D eigenvalue weighted by Crippen LogP contribution is 2.27. The van der Waals surface area contributed by atoms with Gasteiger partial charge in [0.2, 0.25) is 0 Å². The lowest BCUT2D eigenvalue weighted by atomic mass is 9.95. The van der Waals surface area contributed by atoms with Gasteiger partial charge >= 0.3 is 0 Å². The molecular weight excluding hydrogens is 258 g/mol. The molecule has 2 unspecified atom stereocenters. The Morgan fingerprint density at radius 1 is 1.05 bits per heavy atom. The minimum absolute atomic E-state index is 0.150. The molecule has 1 aliphatic rings. The average molecular weight is 281 g/mol. The summed E-state index contributed by atoms with van der Waals surface area (Å²) in [6, 6.07) is 19.3. The topological polar surface area (TPSA) is 50.1 Å². The van der Waals surface area contributed by atoms with Gasteiger partial charge in [0.05, 0.1) is 6.04 Å². The van der Waals surface area contributed by atoms with Crippen molar-refractivity contribution in [1.82, 2.24) is 10.6 Å². The number of rotatable bonds is 4. The molecule has 2 atom stereocenters. The maximum Gasteiger partial charge on any atom is 0.0599 e. The molecule has 21 heavy (non-hydrogen) atoms. The van der Waals surface area contributed by atoms with Crippen molar-refractivity contribution in [3.8, 4) is 0 Å². The number of benzene rings is 2. The van der Waals surface area contributed by atoms with Gasteiger partial charge in [0.1, 0.15) is 0 Å². The van der Waals surface area contributed by atoms with Gasteiger partial charge in [-0.1, -0.05) is 48.5 Å². The molecule has 0 saturated carbocycles. The van der Waals surface area contributed by atoms with E-state index in [9.17, 15) is 0 Å². The number of nitrogens with two attached hydrogens (primary N) is 1. The fraction of sp³-hybridized carbons (Fsp3) is 0.333. The third-order valence-corrected chi connectivity index (χ3v) is 4.14. The number of hydrogen-bond acceptors (Lipinski definition) is 3. The van der Waals surface area contributed by atoms with E-state index in [0.717, 1.165) is 24.3 Å². The fourth-order valence-corrected chi connectivity index (χ4v) is 3.01. The van der Waals surface area contributed by atoms with Crippen molar-refractivity contribution in [2.24, 2.45) is 0 Å². The van der Waals surface area contributed by atoms with Gasteiger partial charge in [-0.15, -0.1) is 0 Å². The predicted octanol–water partition coefficient (Wildman–Crippen LogP) is 2.70. The molecule has 110 valence electrons. The Labute approximate surface area is 126 Å². The SMILES string of the molecule is Nc1ccccc1C(NC1CCCNC1)c1ccccc1. The molecule has 3 heteroatoms.